The van der Waals surface area contributed by atoms with Crippen molar-refractivity contribution in [3.63, 3.8) is 0 Å². The number of hydrogen-bond acceptors (Lipinski definition) is 3. The molecule has 0 radical (unpaired) electrons. The standard InChI is InChI=1S/C22H26FN3O2/c1-28-16-22(27)24-14-8-2-3-13-21-25-19-11-6-7-12-20(19)26(21)15-17-9-4-5-10-18(17)23/h4-7,9-12H,2-3,8,13-16H2,1H3,(H,24,27). The first-order valence-corrected chi connectivity index (χ1v) is 9.62. The summed E-state index contributed by atoms with van der Waals surface area (Å²) < 4.78 is 21.0. The minimum absolute atomic E-state index is 0.0887. The van der Waals surface area contributed by atoms with Crippen LogP contribution in [0.15, 0.2) is 48.5 Å². The van der Waals surface area contributed by atoms with Crippen molar-refractivity contribution in [2.24, 2.45) is 0 Å². The minimum Gasteiger partial charge on any atom is -0.375 e. The summed E-state index contributed by atoms with van der Waals surface area (Å²) in [5.41, 5.74) is 2.61. The minimum atomic E-state index is -0.196. The lowest BCUT2D eigenvalue weighted by atomic mass is 10.1. The third-order valence-electron chi connectivity index (χ3n) is 4.69. The van der Waals surface area contributed by atoms with Crippen molar-refractivity contribution in [2.45, 2.75) is 32.2 Å². The van der Waals surface area contributed by atoms with Gasteiger partial charge in [-0.15, -0.1) is 0 Å². The van der Waals surface area contributed by atoms with E-state index < -0.39 is 0 Å². The highest BCUT2D eigenvalue weighted by atomic mass is 19.1. The van der Waals surface area contributed by atoms with Gasteiger partial charge in [-0.1, -0.05) is 36.8 Å². The fourth-order valence-electron chi connectivity index (χ4n) is 3.28. The number of nitrogens with one attached hydrogen (secondary N) is 1. The number of aryl methyl sites for hydroxylation is 1. The second-order valence-corrected chi connectivity index (χ2v) is 6.79. The number of ether oxygens (including phenoxy) is 1. The average Bonchev–Trinajstić information content (AvgIpc) is 3.04. The van der Waals surface area contributed by atoms with Crippen LogP contribution in [-0.4, -0.2) is 35.7 Å². The molecule has 3 rings (SSSR count). The lowest BCUT2D eigenvalue weighted by Crippen LogP contribution is -2.27. The largest absolute Gasteiger partial charge is 0.375 e. The number of amides is 1. The maximum atomic E-state index is 14.1. The summed E-state index contributed by atoms with van der Waals surface area (Å²) in [4.78, 5) is 16.1. The topological polar surface area (TPSA) is 56.1 Å². The Kier molecular flexibility index (Phi) is 7.14. The molecule has 6 heteroatoms. The number of para-hydroxylation sites is 2. The number of rotatable bonds is 10. The Morgan fingerprint density at radius 2 is 1.89 bits per heavy atom. The van der Waals surface area contributed by atoms with Crippen LogP contribution in [0.3, 0.4) is 0 Å². The van der Waals surface area contributed by atoms with Crippen LogP contribution in [0.2, 0.25) is 0 Å². The van der Waals surface area contributed by atoms with Crippen LogP contribution in [0.25, 0.3) is 11.0 Å². The molecule has 0 aliphatic heterocycles. The Morgan fingerprint density at radius 3 is 2.71 bits per heavy atom. The summed E-state index contributed by atoms with van der Waals surface area (Å²) in [5.74, 6) is 0.681. The predicted octanol–water partition coefficient (Wildman–Crippen LogP) is 3.70. The molecule has 1 amide bonds. The lowest BCUT2D eigenvalue weighted by molar-refractivity contribution is -0.124. The normalized spacial score (nSPS) is 11.1. The number of imidazole rings is 1. The van der Waals surface area contributed by atoms with Crippen molar-refractivity contribution in [2.75, 3.05) is 20.3 Å². The van der Waals surface area contributed by atoms with E-state index in [1.54, 1.807) is 6.07 Å². The van der Waals surface area contributed by atoms with Gasteiger partial charge in [-0.2, -0.15) is 0 Å². The Labute approximate surface area is 164 Å². The number of methoxy groups -OCH3 is 1. The number of hydrogen-bond donors (Lipinski definition) is 1. The van der Waals surface area contributed by atoms with E-state index in [-0.39, 0.29) is 18.3 Å². The number of halogens is 1. The monoisotopic (exact) mass is 383 g/mol. The van der Waals surface area contributed by atoms with Crippen LogP contribution < -0.4 is 5.32 Å². The van der Waals surface area contributed by atoms with Gasteiger partial charge in [0.2, 0.25) is 5.91 Å². The number of carbonyl (C=O) groups excluding carboxylic acids is 1. The summed E-state index contributed by atoms with van der Waals surface area (Å²) in [6.45, 7) is 1.21. The summed E-state index contributed by atoms with van der Waals surface area (Å²) in [6.07, 6.45) is 3.66. The fraction of sp³-hybridized carbons (Fsp3) is 0.364. The van der Waals surface area contributed by atoms with E-state index in [0.29, 0.717) is 18.7 Å². The van der Waals surface area contributed by atoms with Crippen LogP contribution in [0.4, 0.5) is 4.39 Å². The maximum absolute atomic E-state index is 14.1. The molecule has 0 saturated carbocycles. The number of carbonyl (C=O) groups is 1. The van der Waals surface area contributed by atoms with Crippen LogP contribution in [0, 0.1) is 5.82 Å². The van der Waals surface area contributed by atoms with Gasteiger partial charge in [0, 0.05) is 25.6 Å². The number of benzene rings is 2. The van der Waals surface area contributed by atoms with Crippen molar-refractivity contribution in [1.29, 1.82) is 0 Å². The predicted molar refractivity (Wildman–Crippen MR) is 108 cm³/mol. The molecule has 0 atom stereocenters. The van der Waals surface area contributed by atoms with Gasteiger partial charge in [-0.3, -0.25) is 4.79 Å². The highest BCUT2D eigenvalue weighted by Gasteiger charge is 2.12. The van der Waals surface area contributed by atoms with Crippen LogP contribution >= 0.6 is 0 Å². The fourth-order valence-corrected chi connectivity index (χ4v) is 3.28. The number of unbranched alkanes of at least 4 members (excludes halogenated alkanes) is 2. The lowest BCUT2D eigenvalue weighted by Gasteiger charge is -2.10. The second-order valence-electron chi connectivity index (χ2n) is 6.79. The summed E-state index contributed by atoms with van der Waals surface area (Å²) >= 11 is 0. The van der Waals surface area contributed by atoms with E-state index in [0.717, 1.165) is 42.5 Å². The molecule has 0 bridgehead atoms. The van der Waals surface area contributed by atoms with Crippen LogP contribution in [-0.2, 0) is 22.5 Å². The van der Waals surface area contributed by atoms with E-state index in [1.807, 2.05) is 36.4 Å². The zero-order chi connectivity index (χ0) is 19.8. The summed E-state index contributed by atoms with van der Waals surface area (Å²) in [5, 5.41) is 2.83. The molecule has 148 valence electrons. The van der Waals surface area contributed by atoms with Crippen LogP contribution in [0.1, 0.15) is 30.7 Å². The summed E-state index contributed by atoms with van der Waals surface area (Å²) in [7, 11) is 1.51. The molecule has 0 spiro atoms. The van der Waals surface area contributed by atoms with Crippen LogP contribution in [0.5, 0.6) is 0 Å². The number of aromatic nitrogens is 2. The van der Waals surface area contributed by atoms with E-state index >= 15 is 0 Å². The first kappa shape index (κ1) is 20.0. The third kappa shape index (κ3) is 5.16. The molecule has 28 heavy (non-hydrogen) atoms. The Morgan fingerprint density at radius 1 is 1.11 bits per heavy atom. The van der Waals surface area contributed by atoms with E-state index in [1.165, 1.54) is 13.2 Å². The van der Waals surface area contributed by atoms with Gasteiger partial charge in [0.25, 0.3) is 0 Å². The molecular weight excluding hydrogens is 357 g/mol. The molecule has 0 unspecified atom stereocenters. The quantitative estimate of drug-likeness (QED) is 0.543. The smallest absolute Gasteiger partial charge is 0.245 e. The molecular formula is C22H26FN3O2. The van der Waals surface area contributed by atoms with Gasteiger partial charge in [0.05, 0.1) is 17.6 Å². The molecule has 0 aliphatic carbocycles. The molecule has 0 saturated heterocycles. The number of nitrogens with zero attached hydrogens (tertiary/aromatic N) is 2. The Balaban J connectivity index is 1.63. The zero-order valence-corrected chi connectivity index (χ0v) is 16.2. The van der Waals surface area contributed by atoms with E-state index in [2.05, 4.69) is 9.88 Å². The van der Waals surface area contributed by atoms with Gasteiger partial charge in [0.1, 0.15) is 18.2 Å². The molecule has 3 aromatic rings. The first-order valence-electron chi connectivity index (χ1n) is 9.62. The van der Waals surface area contributed by atoms with E-state index in [4.69, 9.17) is 9.72 Å². The first-order chi connectivity index (χ1) is 13.7. The SMILES string of the molecule is COCC(=O)NCCCCCc1nc2ccccc2n1Cc1ccccc1F. The van der Waals surface area contributed by atoms with Gasteiger partial charge < -0.3 is 14.6 Å². The molecule has 1 heterocycles. The van der Waals surface area contributed by atoms with Crippen molar-refractivity contribution >= 4 is 16.9 Å². The molecule has 0 fully saturated rings. The summed E-state index contributed by atoms with van der Waals surface area (Å²) in [6, 6.07) is 14.8. The van der Waals surface area contributed by atoms with Crippen molar-refractivity contribution in [3.05, 3.63) is 65.7 Å². The van der Waals surface area contributed by atoms with Gasteiger partial charge in [0.15, 0.2) is 0 Å². The highest BCUT2D eigenvalue weighted by molar-refractivity contribution is 5.77. The number of fused-ring (bicyclic) bond motifs is 1. The molecule has 0 aliphatic rings. The van der Waals surface area contributed by atoms with Gasteiger partial charge in [-0.05, 0) is 31.0 Å². The zero-order valence-electron chi connectivity index (χ0n) is 16.2. The van der Waals surface area contributed by atoms with Gasteiger partial charge in [-0.25, -0.2) is 9.37 Å². The molecule has 5 nitrogen and oxygen atoms in total. The van der Waals surface area contributed by atoms with Crippen molar-refractivity contribution in [1.82, 2.24) is 14.9 Å². The van der Waals surface area contributed by atoms with E-state index in [9.17, 15) is 9.18 Å². The molecule has 2 aromatic carbocycles. The molecule has 1 aromatic heterocycles. The van der Waals surface area contributed by atoms with Crippen molar-refractivity contribution < 1.29 is 13.9 Å². The highest BCUT2D eigenvalue weighted by Crippen LogP contribution is 2.20. The Hall–Kier alpha value is -2.73. The third-order valence-corrected chi connectivity index (χ3v) is 4.69. The Bertz CT molecular complexity index is 923. The average molecular weight is 383 g/mol. The van der Waals surface area contributed by atoms with Crippen molar-refractivity contribution in [3.8, 4) is 0 Å². The maximum Gasteiger partial charge on any atom is 0.245 e. The van der Waals surface area contributed by atoms with Gasteiger partial charge >= 0.3 is 0 Å². The molecule has 1 N–H and O–H groups in total. The second kappa shape index (κ2) is 9.99.